The number of aromatic amines is 1. The molecule has 0 aliphatic heterocycles. The smallest absolute Gasteiger partial charge is 0.275 e. The van der Waals surface area contributed by atoms with Crippen molar-refractivity contribution < 1.29 is 0 Å². The van der Waals surface area contributed by atoms with Crippen molar-refractivity contribution >= 4 is 22.9 Å². The zero-order chi connectivity index (χ0) is 10.3. The van der Waals surface area contributed by atoms with Crippen LogP contribution in [0, 0.1) is 6.92 Å². The fourth-order valence-electron chi connectivity index (χ4n) is 1.42. The molecule has 5 heteroatoms. The van der Waals surface area contributed by atoms with E-state index >= 15 is 0 Å². The van der Waals surface area contributed by atoms with E-state index in [0.29, 0.717) is 10.6 Å². The third-order valence-corrected chi connectivity index (χ3v) is 3.34. The highest BCUT2D eigenvalue weighted by Crippen LogP contribution is 2.28. The molecule has 74 valence electrons. The summed E-state index contributed by atoms with van der Waals surface area (Å²) < 4.78 is 1.47. The maximum Gasteiger partial charge on any atom is 0.275 e. The molecule has 0 fully saturated rings. The van der Waals surface area contributed by atoms with Crippen molar-refractivity contribution in [1.82, 2.24) is 9.78 Å². The van der Waals surface area contributed by atoms with E-state index in [1.165, 1.54) is 16.0 Å². The minimum atomic E-state index is -0.0129. The van der Waals surface area contributed by atoms with E-state index in [1.807, 2.05) is 18.4 Å². The van der Waals surface area contributed by atoms with Gasteiger partial charge in [0.05, 0.1) is 10.6 Å². The summed E-state index contributed by atoms with van der Waals surface area (Å²) in [5.74, 6) is 0. The molecule has 0 aliphatic rings. The second kappa shape index (κ2) is 3.29. The first-order chi connectivity index (χ1) is 6.59. The fourth-order valence-corrected chi connectivity index (χ4v) is 2.59. The number of H-pyrrole nitrogens is 1. The molecule has 0 amide bonds. The zero-order valence-electron chi connectivity index (χ0n) is 7.80. The fraction of sp³-hybridized carbons (Fsp3) is 0.222. The molecule has 0 bridgehead atoms. The van der Waals surface area contributed by atoms with E-state index < -0.39 is 0 Å². The monoisotopic (exact) mass is 228 g/mol. The van der Waals surface area contributed by atoms with E-state index in [4.69, 9.17) is 11.6 Å². The minimum Gasteiger partial charge on any atom is -0.300 e. The van der Waals surface area contributed by atoms with Gasteiger partial charge >= 0.3 is 0 Å². The molecule has 2 rings (SSSR count). The van der Waals surface area contributed by atoms with E-state index in [1.54, 1.807) is 7.05 Å². The topological polar surface area (TPSA) is 37.8 Å². The Bertz CT molecular complexity index is 523. The second-order valence-corrected chi connectivity index (χ2v) is 4.45. The van der Waals surface area contributed by atoms with E-state index in [-0.39, 0.29) is 5.56 Å². The quantitative estimate of drug-likeness (QED) is 0.800. The second-order valence-electron chi connectivity index (χ2n) is 3.11. The van der Waals surface area contributed by atoms with Crippen LogP contribution in [0.3, 0.4) is 0 Å². The van der Waals surface area contributed by atoms with Gasteiger partial charge in [-0.2, -0.15) is 0 Å². The van der Waals surface area contributed by atoms with Gasteiger partial charge in [-0.3, -0.25) is 14.6 Å². The molecule has 0 aromatic carbocycles. The van der Waals surface area contributed by atoms with Gasteiger partial charge < -0.3 is 0 Å². The van der Waals surface area contributed by atoms with Crippen LogP contribution in [-0.4, -0.2) is 9.78 Å². The minimum absolute atomic E-state index is 0.0129. The van der Waals surface area contributed by atoms with Crippen LogP contribution < -0.4 is 5.56 Å². The molecule has 0 spiro atoms. The van der Waals surface area contributed by atoms with Gasteiger partial charge in [-0.15, -0.1) is 11.3 Å². The molecular formula is C9H9ClN2OS. The molecule has 0 saturated carbocycles. The maximum absolute atomic E-state index is 11.7. The zero-order valence-corrected chi connectivity index (χ0v) is 9.37. The first-order valence-corrected chi connectivity index (χ1v) is 5.35. The number of nitrogens with zero attached hydrogens (tertiary/aromatic N) is 1. The van der Waals surface area contributed by atoms with Crippen LogP contribution in [0.15, 0.2) is 16.2 Å². The summed E-state index contributed by atoms with van der Waals surface area (Å²) in [5, 5.41) is 5.45. The van der Waals surface area contributed by atoms with Crippen LogP contribution in [0.1, 0.15) is 5.69 Å². The number of aromatic nitrogens is 2. The van der Waals surface area contributed by atoms with E-state index in [0.717, 1.165) is 10.6 Å². The maximum atomic E-state index is 11.7. The normalized spacial score (nSPS) is 10.8. The lowest BCUT2D eigenvalue weighted by atomic mass is 10.2. The highest BCUT2D eigenvalue weighted by atomic mass is 35.5. The summed E-state index contributed by atoms with van der Waals surface area (Å²) in [4.78, 5) is 12.6. The predicted molar refractivity (Wildman–Crippen MR) is 59.1 cm³/mol. The summed E-state index contributed by atoms with van der Waals surface area (Å²) in [6.45, 7) is 1.88. The summed E-state index contributed by atoms with van der Waals surface area (Å²) in [6.07, 6.45) is 0. The summed E-state index contributed by atoms with van der Waals surface area (Å²) in [6, 6.07) is 1.81. The number of hydrogen-bond donors (Lipinski definition) is 1. The Balaban J connectivity index is 2.67. The Morgan fingerprint density at radius 3 is 2.71 bits per heavy atom. The molecule has 3 nitrogen and oxygen atoms in total. The third-order valence-electron chi connectivity index (χ3n) is 2.04. The first-order valence-electron chi connectivity index (χ1n) is 4.09. The lowest BCUT2D eigenvalue weighted by molar-refractivity contribution is 0.731. The van der Waals surface area contributed by atoms with Crippen molar-refractivity contribution in [2.24, 2.45) is 7.05 Å². The van der Waals surface area contributed by atoms with Gasteiger partial charge in [-0.05, 0) is 13.0 Å². The molecule has 2 aromatic rings. The Hall–Kier alpha value is -1.000. The van der Waals surface area contributed by atoms with Crippen molar-refractivity contribution in [3.8, 4) is 10.4 Å². The van der Waals surface area contributed by atoms with Crippen molar-refractivity contribution in [3.63, 3.8) is 0 Å². The van der Waals surface area contributed by atoms with E-state index in [2.05, 4.69) is 5.10 Å². The number of hydrogen-bond acceptors (Lipinski definition) is 2. The number of halogens is 1. The highest BCUT2D eigenvalue weighted by molar-refractivity contribution is 7.14. The van der Waals surface area contributed by atoms with Gasteiger partial charge in [0.1, 0.15) is 0 Å². The summed E-state index contributed by atoms with van der Waals surface area (Å²) >= 11 is 7.29. The van der Waals surface area contributed by atoms with Crippen molar-refractivity contribution in [2.75, 3.05) is 0 Å². The van der Waals surface area contributed by atoms with Crippen LogP contribution >= 0.6 is 22.9 Å². The van der Waals surface area contributed by atoms with E-state index in [9.17, 15) is 4.79 Å². The average Bonchev–Trinajstić information content (AvgIpc) is 2.60. The van der Waals surface area contributed by atoms with Gasteiger partial charge in [0.25, 0.3) is 5.56 Å². The predicted octanol–water partition coefficient (Wildman–Crippen LogP) is 2.40. The number of rotatable bonds is 1. The van der Waals surface area contributed by atoms with Gasteiger partial charge in [0.2, 0.25) is 0 Å². The van der Waals surface area contributed by atoms with Crippen molar-refractivity contribution in [1.29, 1.82) is 0 Å². The number of aryl methyl sites for hydroxylation is 2. The summed E-state index contributed by atoms with van der Waals surface area (Å²) in [5.41, 5.74) is 1.57. The van der Waals surface area contributed by atoms with Crippen LogP contribution in [-0.2, 0) is 7.05 Å². The first kappa shape index (κ1) is 9.55. The molecule has 2 aromatic heterocycles. The number of thiophene rings is 1. The number of nitrogens with one attached hydrogen (secondary N) is 1. The van der Waals surface area contributed by atoms with Crippen LogP contribution in [0.2, 0.25) is 5.02 Å². The van der Waals surface area contributed by atoms with Gasteiger partial charge in [-0.25, -0.2) is 0 Å². The Morgan fingerprint density at radius 1 is 1.57 bits per heavy atom. The lowest BCUT2D eigenvalue weighted by Crippen LogP contribution is -2.12. The Morgan fingerprint density at radius 2 is 2.29 bits per heavy atom. The van der Waals surface area contributed by atoms with Crippen molar-refractivity contribution in [2.45, 2.75) is 6.92 Å². The molecule has 0 unspecified atom stereocenters. The molecular weight excluding hydrogens is 220 g/mol. The van der Waals surface area contributed by atoms with Crippen LogP contribution in [0.4, 0.5) is 0 Å². The standard InChI is InChI=1S/C9H9ClN2OS/c1-5-8(9(13)12(2)11-5)7-3-6(10)4-14-7/h3-4,11H,1-2H3. The van der Waals surface area contributed by atoms with Gasteiger partial charge in [0, 0.05) is 23.0 Å². The summed E-state index contributed by atoms with van der Waals surface area (Å²) in [7, 11) is 1.70. The van der Waals surface area contributed by atoms with Crippen molar-refractivity contribution in [3.05, 3.63) is 32.5 Å². The SMILES string of the molecule is Cc1[nH]n(C)c(=O)c1-c1cc(Cl)cs1. The molecule has 0 radical (unpaired) electrons. The highest BCUT2D eigenvalue weighted by Gasteiger charge is 2.12. The van der Waals surface area contributed by atoms with Gasteiger partial charge in [-0.1, -0.05) is 11.6 Å². The largest absolute Gasteiger partial charge is 0.300 e. The molecule has 1 N–H and O–H groups in total. The molecule has 14 heavy (non-hydrogen) atoms. The molecule has 0 saturated heterocycles. The third kappa shape index (κ3) is 1.40. The molecule has 2 heterocycles. The average molecular weight is 229 g/mol. The van der Waals surface area contributed by atoms with Gasteiger partial charge in [0.15, 0.2) is 0 Å². The lowest BCUT2D eigenvalue weighted by Gasteiger charge is -1.89. The van der Waals surface area contributed by atoms with Crippen LogP contribution in [0.25, 0.3) is 10.4 Å². The van der Waals surface area contributed by atoms with Crippen LogP contribution in [0.5, 0.6) is 0 Å². The Labute approximate surface area is 89.9 Å². The Kier molecular flexibility index (Phi) is 2.25. The molecule has 0 atom stereocenters. The molecule has 0 aliphatic carbocycles.